The van der Waals surface area contributed by atoms with Crippen LogP contribution in [-0.4, -0.2) is 22.0 Å². The minimum Gasteiger partial charge on any atom is -0.364 e. The van der Waals surface area contributed by atoms with E-state index in [4.69, 9.17) is 5.73 Å². The summed E-state index contributed by atoms with van der Waals surface area (Å²) in [6.45, 7) is 1.89. The zero-order chi connectivity index (χ0) is 21.1. The third-order valence-corrected chi connectivity index (χ3v) is 5.06. The van der Waals surface area contributed by atoms with Crippen molar-refractivity contribution < 1.29 is 9.59 Å². The van der Waals surface area contributed by atoms with Gasteiger partial charge in [0.05, 0.1) is 5.69 Å². The summed E-state index contributed by atoms with van der Waals surface area (Å²) in [6.07, 6.45) is 1.66. The molecule has 0 aliphatic carbocycles. The maximum Gasteiger partial charge on any atom is 0.269 e. The Hall–Kier alpha value is -3.99. The summed E-state index contributed by atoms with van der Waals surface area (Å²) >= 11 is 0. The Morgan fingerprint density at radius 3 is 1.93 bits per heavy atom. The Bertz CT molecular complexity index is 1190. The first-order valence-electron chi connectivity index (χ1n) is 9.64. The van der Waals surface area contributed by atoms with Crippen LogP contribution < -0.4 is 5.73 Å². The predicted octanol–water partition coefficient (Wildman–Crippen LogP) is 4.35. The number of nitrogens with zero attached hydrogens (tertiary/aromatic N) is 2. The molecule has 148 valence electrons. The second-order valence-corrected chi connectivity index (χ2v) is 7.23. The first-order valence-corrected chi connectivity index (χ1v) is 9.64. The molecule has 0 atom stereocenters. The fraction of sp³-hybridized carbons (Fsp3) is 0.0800. The lowest BCUT2D eigenvalue weighted by Gasteiger charge is -2.08. The van der Waals surface area contributed by atoms with Gasteiger partial charge in [0.25, 0.3) is 5.91 Å². The van der Waals surface area contributed by atoms with Crippen molar-refractivity contribution in [2.75, 3.05) is 0 Å². The van der Waals surface area contributed by atoms with Crippen molar-refractivity contribution in [3.8, 4) is 16.8 Å². The fourth-order valence-corrected chi connectivity index (χ4v) is 3.42. The van der Waals surface area contributed by atoms with Gasteiger partial charge < -0.3 is 5.73 Å². The molecule has 4 rings (SSSR count). The smallest absolute Gasteiger partial charge is 0.269 e. The molecule has 0 saturated heterocycles. The summed E-state index contributed by atoms with van der Waals surface area (Å²) < 4.78 is 1.72. The van der Waals surface area contributed by atoms with Crippen LogP contribution in [0, 0.1) is 6.92 Å². The van der Waals surface area contributed by atoms with E-state index in [0.29, 0.717) is 5.56 Å². The summed E-state index contributed by atoms with van der Waals surface area (Å²) in [5.74, 6) is -0.531. The lowest BCUT2D eigenvalue weighted by molar-refractivity contribution is 0.0994. The first-order chi connectivity index (χ1) is 14.5. The minimum absolute atomic E-state index is 0.262. The van der Waals surface area contributed by atoms with Crippen molar-refractivity contribution in [2.24, 2.45) is 5.73 Å². The summed E-state index contributed by atoms with van der Waals surface area (Å²) in [4.78, 5) is 22.1. The lowest BCUT2D eigenvalue weighted by atomic mass is 9.99. The molecule has 3 aromatic carbocycles. The van der Waals surface area contributed by atoms with Crippen LogP contribution >= 0.6 is 0 Å². The highest BCUT2D eigenvalue weighted by molar-refractivity contribution is 5.90. The highest BCUT2D eigenvalue weighted by Gasteiger charge is 2.10. The fourth-order valence-electron chi connectivity index (χ4n) is 3.42. The van der Waals surface area contributed by atoms with E-state index in [-0.39, 0.29) is 5.69 Å². The standard InChI is InChI=1S/C25H21N3O2/c1-17-14-24(25(26)30)27-28(17)23-12-6-19(7-13-23)15-18-2-8-21(9-3-18)22-10-4-20(16-29)5-11-22/h2-14,16H,15H2,1H3,(H2,26,30). The van der Waals surface area contributed by atoms with E-state index < -0.39 is 5.91 Å². The van der Waals surface area contributed by atoms with Gasteiger partial charge in [0.1, 0.15) is 6.29 Å². The molecule has 0 spiro atoms. The number of carbonyl (C=O) groups excluding carboxylic acids is 2. The molecular formula is C25H21N3O2. The van der Waals surface area contributed by atoms with E-state index in [0.717, 1.165) is 35.2 Å². The van der Waals surface area contributed by atoms with Crippen LogP contribution in [-0.2, 0) is 6.42 Å². The van der Waals surface area contributed by atoms with E-state index in [9.17, 15) is 9.59 Å². The normalized spacial score (nSPS) is 10.7. The number of rotatable bonds is 6. The van der Waals surface area contributed by atoms with Gasteiger partial charge in [-0.15, -0.1) is 0 Å². The molecule has 0 aliphatic heterocycles. The van der Waals surface area contributed by atoms with Crippen LogP contribution in [0.15, 0.2) is 78.9 Å². The second kappa shape index (κ2) is 8.17. The number of carbonyl (C=O) groups is 2. The second-order valence-electron chi connectivity index (χ2n) is 7.23. The molecule has 5 nitrogen and oxygen atoms in total. The van der Waals surface area contributed by atoms with Crippen molar-refractivity contribution in [1.29, 1.82) is 0 Å². The summed E-state index contributed by atoms with van der Waals surface area (Å²) in [6, 6.07) is 25.8. The molecule has 0 saturated carbocycles. The molecule has 0 bridgehead atoms. The van der Waals surface area contributed by atoms with E-state index in [2.05, 4.69) is 41.5 Å². The van der Waals surface area contributed by atoms with E-state index in [1.807, 2.05) is 43.3 Å². The van der Waals surface area contributed by atoms with Gasteiger partial charge in [-0.1, -0.05) is 60.7 Å². The molecule has 4 aromatic rings. The van der Waals surface area contributed by atoms with Gasteiger partial charge in [-0.3, -0.25) is 9.59 Å². The Labute approximate surface area is 174 Å². The van der Waals surface area contributed by atoms with Crippen molar-refractivity contribution in [3.05, 3.63) is 107 Å². The molecule has 1 aromatic heterocycles. The van der Waals surface area contributed by atoms with Gasteiger partial charge in [-0.05, 0) is 53.8 Å². The average Bonchev–Trinajstić information content (AvgIpc) is 3.17. The van der Waals surface area contributed by atoms with Gasteiger partial charge in [-0.25, -0.2) is 4.68 Å². The van der Waals surface area contributed by atoms with E-state index in [1.54, 1.807) is 10.7 Å². The number of aryl methyl sites for hydroxylation is 1. The van der Waals surface area contributed by atoms with Crippen LogP contribution in [0.2, 0.25) is 0 Å². The van der Waals surface area contributed by atoms with Crippen LogP contribution in [0.5, 0.6) is 0 Å². The SMILES string of the molecule is Cc1cc(C(N)=O)nn1-c1ccc(Cc2ccc(-c3ccc(C=O)cc3)cc2)cc1. The molecular weight excluding hydrogens is 374 g/mol. The van der Waals surface area contributed by atoms with Crippen LogP contribution in [0.25, 0.3) is 16.8 Å². The molecule has 5 heteroatoms. The largest absolute Gasteiger partial charge is 0.364 e. The molecule has 0 unspecified atom stereocenters. The molecule has 30 heavy (non-hydrogen) atoms. The number of aromatic nitrogens is 2. The molecule has 1 heterocycles. The van der Waals surface area contributed by atoms with Crippen molar-refractivity contribution >= 4 is 12.2 Å². The Morgan fingerprint density at radius 2 is 1.43 bits per heavy atom. The molecule has 0 aliphatic rings. The van der Waals surface area contributed by atoms with Crippen LogP contribution in [0.1, 0.15) is 37.7 Å². The molecule has 2 N–H and O–H groups in total. The number of primary amides is 1. The Kier molecular flexibility index (Phi) is 5.26. The van der Waals surface area contributed by atoms with Crippen LogP contribution in [0.3, 0.4) is 0 Å². The van der Waals surface area contributed by atoms with E-state index in [1.165, 1.54) is 11.1 Å². The van der Waals surface area contributed by atoms with Crippen molar-refractivity contribution in [3.63, 3.8) is 0 Å². The Balaban J connectivity index is 1.48. The third-order valence-electron chi connectivity index (χ3n) is 5.06. The number of hydrogen-bond donors (Lipinski definition) is 1. The van der Waals surface area contributed by atoms with Crippen molar-refractivity contribution in [1.82, 2.24) is 9.78 Å². The first kappa shape index (κ1) is 19.3. The summed E-state index contributed by atoms with van der Waals surface area (Å²) in [5, 5.41) is 4.27. The highest BCUT2D eigenvalue weighted by Crippen LogP contribution is 2.22. The maximum atomic E-state index is 11.3. The quantitative estimate of drug-likeness (QED) is 0.493. The lowest BCUT2D eigenvalue weighted by Crippen LogP contribution is -2.12. The maximum absolute atomic E-state index is 11.3. The number of benzene rings is 3. The van der Waals surface area contributed by atoms with Gasteiger partial charge in [-0.2, -0.15) is 5.10 Å². The summed E-state index contributed by atoms with van der Waals surface area (Å²) in [7, 11) is 0. The zero-order valence-electron chi connectivity index (χ0n) is 16.6. The van der Waals surface area contributed by atoms with Gasteiger partial charge >= 0.3 is 0 Å². The molecule has 0 fully saturated rings. The van der Waals surface area contributed by atoms with E-state index >= 15 is 0 Å². The number of amides is 1. The van der Waals surface area contributed by atoms with Gasteiger partial charge in [0.15, 0.2) is 5.69 Å². The van der Waals surface area contributed by atoms with Gasteiger partial charge in [0.2, 0.25) is 0 Å². The highest BCUT2D eigenvalue weighted by atomic mass is 16.1. The zero-order valence-corrected chi connectivity index (χ0v) is 16.6. The monoisotopic (exact) mass is 395 g/mol. The summed E-state index contributed by atoms with van der Waals surface area (Å²) in [5.41, 5.74) is 12.6. The predicted molar refractivity (Wildman–Crippen MR) is 117 cm³/mol. The Morgan fingerprint density at radius 1 is 0.900 bits per heavy atom. The number of nitrogens with two attached hydrogens (primary N) is 1. The van der Waals surface area contributed by atoms with Gasteiger partial charge in [0, 0.05) is 11.3 Å². The molecule has 0 radical (unpaired) electrons. The topological polar surface area (TPSA) is 78.0 Å². The number of aldehydes is 1. The number of hydrogen-bond acceptors (Lipinski definition) is 3. The molecule has 1 amide bonds. The third kappa shape index (κ3) is 4.05. The van der Waals surface area contributed by atoms with Crippen LogP contribution in [0.4, 0.5) is 0 Å². The minimum atomic E-state index is -0.531. The van der Waals surface area contributed by atoms with Crippen molar-refractivity contribution in [2.45, 2.75) is 13.3 Å². The average molecular weight is 395 g/mol.